The Bertz CT molecular complexity index is 1120. The summed E-state index contributed by atoms with van der Waals surface area (Å²) in [5, 5.41) is 0. The van der Waals surface area contributed by atoms with Gasteiger partial charge in [0.1, 0.15) is 0 Å². The summed E-state index contributed by atoms with van der Waals surface area (Å²) in [5.74, 6) is -0.614. The van der Waals surface area contributed by atoms with Crippen molar-refractivity contribution in [2.75, 3.05) is 22.7 Å². The van der Waals surface area contributed by atoms with Crippen LogP contribution in [0, 0.1) is 6.92 Å². The Hall–Kier alpha value is -2.74. The highest BCUT2D eigenvalue weighted by molar-refractivity contribution is 7.92. The van der Waals surface area contributed by atoms with E-state index in [-0.39, 0.29) is 10.5 Å². The van der Waals surface area contributed by atoms with Crippen LogP contribution in [-0.4, -0.2) is 26.5 Å². The molecule has 0 amide bonds. The molecular weight excluding hydrogens is 354 g/mol. The lowest BCUT2D eigenvalue weighted by Gasteiger charge is -2.20. The molecule has 0 atom stereocenters. The minimum Gasteiger partial charge on any atom is -0.408 e. The number of aromatic amines is 1. The van der Waals surface area contributed by atoms with Crippen molar-refractivity contribution in [3.05, 3.63) is 52.5 Å². The zero-order valence-electron chi connectivity index (χ0n) is 14.3. The molecule has 7 nitrogen and oxygen atoms in total. The van der Waals surface area contributed by atoms with Gasteiger partial charge in [0, 0.05) is 24.8 Å². The number of hydrogen-bond donors (Lipinski definition) is 2. The zero-order valence-corrected chi connectivity index (χ0v) is 15.1. The molecule has 26 heavy (non-hydrogen) atoms. The minimum atomic E-state index is -3.80. The Balaban J connectivity index is 1.68. The summed E-state index contributed by atoms with van der Waals surface area (Å²) >= 11 is 0. The molecule has 1 fully saturated rings. The van der Waals surface area contributed by atoms with E-state index < -0.39 is 15.8 Å². The first kappa shape index (κ1) is 16.7. The second-order valence-electron chi connectivity index (χ2n) is 6.47. The van der Waals surface area contributed by atoms with Crippen molar-refractivity contribution in [3.8, 4) is 0 Å². The third-order valence-electron chi connectivity index (χ3n) is 4.64. The Morgan fingerprint density at radius 2 is 1.88 bits per heavy atom. The molecule has 2 heterocycles. The first-order valence-electron chi connectivity index (χ1n) is 8.44. The van der Waals surface area contributed by atoms with Crippen molar-refractivity contribution in [3.63, 3.8) is 0 Å². The fourth-order valence-electron chi connectivity index (χ4n) is 3.19. The predicted molar refractivity (Wildman–Crippen MR) is 100 cm³/mol. The maximum atomic E-state index is 12.8. The van der Waals surface area contributed by atoms with Crippen LogP contribution in [0.15, 0.2) is 50.5 Å². The smallest absolute Gasteiger partial charge is 0.408 e. The van der Waals surface area contributed by atoms with Crippen LogP contribution in [0.25, 0.3) is 11.1 Å². The number of aryl methyl sites for hydroxylation is 1. The van der Waals surface area contributed by atoms with Gasteiger partial charge in [0.2, 0.25) is 0 Å². The average molecular weight is 373 g/mol. The number of benzene rings is 2. The quantitative estimate of drug-likeness (QED) is 0.733. The van der Waals surface area contributed by atoms with Crippen molar-refractivity contribution in [2.45, 2.75) is 24.7 Å². The van der Waals surface area contributed by atoms with Gasteiger partial charge in [-0.1, -0.05) is 6.07 Å². The van der Waals surface area contributed by atoms with E-state index >= 15 is 0 Å². The Labute approximate surface area is 150 Å². The van der Waals surface area contributed by atoms with Crippen molar-refractivity contribution in [1.82, 2.24) is 4.98 Å². The molecule has 136 valence electrons. The molecule has 0 radical (unpaired) electrons. The van der Waals surface area contributed by atoms with Crippen molar-refractivity contribution < 1.29 is 12.8 Å². The number of sulfonamides is 1. The van der Waals surface area contributed by atoms with Crippen molar-refractivity contribution in [2.24, 2.45) is 0 Å². The summed E-state index contributed by atoms with van der Waals surface area (Å²) in [7, 11) is -3.80. The van der Waals surface area contributed by atoms with Gasteiger partial charge in [0.15, 0.2) is 5.58 Å². The van der Waals surface area contributed by atoms with Gasteiger partial charge in [0.25, 0.3) is 10.0 Å². The van der Waals surface area contributed by atoms with Crippen LogP contribution in [0.4, 0.5) is 11.4 Å². The highest BCUT2D eigenvalue weighted by Gasteiger charge is 2.19. The summed E-state index contributed by atoms with van der Waals surface area (Å²) in [6.07, 6.45) is 2.30. The van der Waals surface area contributed by atoms with Gasteiger partial charge in [-0.2, -0.15) is 0 Å². The highest BCUT2D eigenvalue weighted by atomic mass is 32.2. The topological polar surface area (TPSA) is 95.4 Å². The number of H-pyrrole nitrogens is 1. The van der Waals surface area contributed by atoms with E-state index in [1.54, 1.807) is 0 Å². The van der Waals surface area contributed by atoms with E-state index in [0.717, 1.165) is 37.2 Å². The van der Waals surface area contributed by atoms with E-state index in [2.05, 4.69) is 14.6 Å². The van der Waals surface area contributed by atoms with Crippen LogP contribution < -0.4 is 15.4 Å². The first-order valence-corrected chi connectivity index (χ1v) is 9.92. The number of anilines is 2. The SMILES string of the molecule is Cc1ccc(N2CCCC2)cc1NS(=O)(=O)c1ccc2[nH]c(=O)oc2c1. The molecule has 0 saturated carbocycles. The normalized spacial score (nSPS) is 14.9. The molecule has 0 unspecified atom stereocenters. The average Bonchev–Trinajstić information content (AvgIpc) is 3.24. The molecule has 1 aliphatic heterocycles. The fraction of sp³-hybridized carbons (Fsp3) is 0.278. The van der Waals surface area contributed by atoms with E-state index in [1.807, 2.05) is 25.1 Å². The van der Waals surface area contributed by atoms with Crippen LogP contribution in [0.3, 0.4) is 0 Å². The van der Waals surface area contributed by atoms with Gasteiger partial charge in [-0.25, -0.2) is 13.2 Å². The van der Waals surface area contributed by atoms with Gasteiger partial charge in [-0.15, -0.1) is 0 Å². The molecule has 4 rings (SSSR count). The number of rotatable bonds is 4. The summed E-state index contributed by atoms with van der Waals surface area (Å²) in [5.41, 5.74) is 3.07. The van der Waals surface area contributed by atoms with Gasteiger partial charge >= 0.3 is 5.76 Å². The fourth-order valence-corrected chi connectivity index (χ4v) is 4.33. The molecule has 1 saturated heterocycles. The maximum absolute atomic E-state index is 12.8. The third-order valence-corrected chi connectivity index (χ3v) is 6.00. The summed E-state index contributed by atoms with van der Waals surface area (Å²) in [4.78, 5) is 16.0. The minimum absolute atomic E-state index is 0.0405. The zero-order chi connectivity index (χ0) is 18.3. The van der Waals surface area contributed by atoms with Gasteiger partial charge in [-0.3, -0.25) is 9.71 Å². The lowest BCUT2D eigenvalue weighted by atomic mass is 10.2. The number of nitrogens with zero attached hydrogens (tertiary/aromatic N) is 1. The molecule has 1 aromatic heterocycles. The Morgan fingerprint density at radius 3 is 2.65 bits per heavy atom. The van der Waals surface area contributed by atoms with Gasteiger partial charge < -0.3 is 9.32 Å². The van der Waals surface area contributed by atoms with Crippen LogP contribution in [0.1, 0.15) is 18.4 Å². The molecule has 0 aliphatic carbocycles. The van der Waals surface area contributed by atoms with Crippen LogP contribution in [0.5, 0.6) is 0 Å². The molecule has 1 aliphatic rings. The number of oxazole rings is 1. The predicted octanol–water partition coefficient (Wildman–Crippen LogP) is 2.83. The molecule has 0 spiro atoms. The van der Waals surface area contributed by atoms with Gasteiger partial charge in [-0.05, 0) is 49.6 Å². The molecule has 3 aromatic rings. The maximum Gasteiger partial charge on any atom is 0.417 e. The Kier molecular flexibility index (Phi) is 3.99. The van der Waals surface area contributed by atoms with Crippen LogP contribution in [-0.2, 0) is 10.0 Å². The first-order chi connectivity index (χ1) is 12.4. The summed E-state index contributed by atoms with van der Waals surface area (Å²) in [6, 6.07) is 10.1. The Morgan fingerprint density at radius 1 is 1.12 bits per heavy atom. The summed E-state index contributed by atoms with van der Waals surface area (Å²) < 4.78 is 33.2. The standard InChI is InChI=1S/C18H19N3O4S/c1-12-4-5-13(21-8-2-3-9-21)10-16(12)20-26(23,24)14-6-7-15-17(11-14)25-18(22)19-15/h4-7,10-11,20H,2-3,8-9H2,1H3,(H,19,22). The number of aromatic nitrogens is 1. The summed E-state index contributed by atoms with van der Waals surface area (Å²) in [6.45, 7) is 3.83. The highest BCUT2D eigenvalue weighted by Crippen LogP contribution is 2.28. The van der Waals surface area contributed by atoms with Crippen LogP contribution in [0.2, 0.25) is 0 Å². The largest absolute Gasteiger partial charge is 0.417 e. The van der Waals surface area contributed by atoms with E-state index in [1.165, 1.54) is 18.2 Å². The molecule has 2 N–H and O–H groups in total. The molecular formula is C18H19N3O4S. The monoisotopic (exact) mass is 373 g/mol. The molecule has 2 aromatic carbocycles. The van der Waals surface area contributed by atoms with E-state index in [4.69, 9.17) is 4.42 Å². The number of hydrogen-bond acceptors (Lipinski definition) is 5. The second kappa shape index (κ2) is 6.21. The molecule has 8 heteroatoms. The van der Waals surface area contributed by atoms with Crippen molar-refractivity contribution in [1.29, 1.82) is 0 Å². The van der Waals surface area contributed by atoms with E-state index in [0.29, 0.717) is 11.2 Å². The third kappa shape index (κ3) is 3.08. The lowest BCUT2D eigenvalue weighted by Crippen LogP contribution is -2.18. The van der Waals surface area contributed by atoms with Crippen molar-refractivity contribution >= 4 is 32.5 Å². The van der Waals surface area contributed by atoms with Crippen LogP contribution >= 0.6 is 0 Å². The molecule has 0 bridgehead atoms. The number of fused-ring (bicyclic) bond motifs is 1. The van der Waals surface area contributed by atoms with Gasteiger partial charge in [0.05, 0.1) is 16.1 Å². The van der Waals surface area contributed by atoms with E-state index in [9.17, 15) is 13.2 Å². The second-order valence-corrected chi connectivity index (χ2v) is 8.15. The lowest BCUT2D eigenvalue weighted by molar-refractivity contribution is 0.554. The number of nitrogens with one attached hydrogen (secondary N) is 2.